The molecule has 0 saturated carbocycles. The van der Waals surface area contributed by atoms with Crippen molar-refractivity contribution < 1.29 is 9.53 Å². The van der Waals surface area contributed by atoms with Crippen LogP contribution in [-0.2, 0) is 11.2 Å². The van der Waals surface area contributed by atoms with E-state index in [0.717, 1.165) is 15.8 Å². The highest BCUT2D eigenvalue weighted by Gasteiger charge is 2.03. The number of rotatable bonds is 6. The Bertz CT molecular complexity index is 635. The summed E-state index contributed by atoms with van der Waals surface area (Å²) in [5, 5.41) is 2.87. The molecule has 2 rings (SSSR count). The molecule has 0 saturated heterocycles. The van der Waals surface area contributed by atoms with Gasteiger partial charge in [0, 0.05) is 4.47 Å². The quantitative estimate of drug-likeness (QED) is 0.794. The van der Waals surface area contributed by atoms with Crippen molar-refractivity contribution in [3.63, 3.8) is 0 Å². The molecule has 0 spiro atoms. The number of halogens is 1. The molecule has 0 heterocycles. The number of carbonyl (C=O) groups is 1. The molecule has 0 unspecified atom stereocenters. The lowest BCUT2D eigenvalue weighted by Crippen LogP contribution is -2.29. The topological polar surface area (TPSA) is 38.3 Å². The molecule has 2 aromatic rings. The molecule has 0 bridgehead atoms. The summed E-state index contributed by atoms with van der Waals surface area (Å²) >= 11 is 3.40. The van der Waals surface area contributed by atoms with E-state index in [1.54, 1.807) is 0 Å². The number of nitrogens with one attached hydrogen (secondary N) is 1. The van der Waals surface area contributed by atoms with Crippen LogP contribution in [0.3, 0.4) is 0 Å². The van der Waals surface area contributed by atoms with Gasteiger partial charge in [0.05, 0.1) is 13.0 Å². The molecule has 2 aromatic carbocycles. The normalized spacial score (nSPS) is 10.3. The Hall–Kier alpha value is -1.81. The number of aryl methyl sites for hydroxylation is 2. The van der Waals surface area contributed by atoms with Crippen LogP contribution in [0.1, 0.15) is 16.7 Å². The van der Waals surface area contributed by atoms with Gasteiger partial charge in [0.25, 0.3) is 0 Å². The molecule has 0 aliphatic rings. The molecule has 0 atom stereocenters. The summed E-state index contributed by atoms with van der Waals surface area (Å²) in [6.07, 6.45) is 0.378. The highest BCUT2D eigenvalue weighted by atomic mass is 79.9. The molecule has 0 aromatic heterocycles. The Morgan fingerprint density at radius 2 is 1.86 bits per heavy atom. The van der Waals surface area contributed by atoms with Crippen LogP contribution in [0.2, 0.25) is 0 Å². The van der Waals surface area contributed by atoms with Crippen LogP contribution in [-0.4, -0.2) is 19.1 Å². The second kappa shape index (κ2) is 7.99. The van der Waals surface area contributed by atoms with E-state index >= 15 is 0 Å². The average molecular weight is 362 g/mol. The number of hydrogen-bond acceptors (Lipinski definition) is 2. The van der Waals surface area contributed by atoms with E-state index in [9.17, 15) is 4.79 Å². The van der Waals surface area contributed by atoms with E-state index in [0.29, 0.717) is 19.6 Å². The first-order chi connectivity index (χ1) is 10.5. The van der Waals surface area contributed by atoms with Gasteiger partial charge in [-0.15, -0.1) is 0 Å². The molecule has 0 fully saturated rings. The SMILES string of the molecule is Cc1cc(C)cc(OCCNC(=O)Cc2cccc(Br)c2)c1. The van der Waals surface area contributed by atoms with Crippen molar-refractivity contribution in [1.82, 2.24) is 5.32 Å². The van der Waals surface area contributed by atoms with E-state index in [4.69, 9.17) is 4.74 Å². The van der Waals surface area contributed by atoms with E-state index in [-0.39, 0.29) is 5.91 Å². The number of benzene rings is 2. The molecule has 1 N–H and O–H groups in total. The minimum atomic E-state index is 0.00197. The standard InChI is InChI=1S/C18H20BrNO2/c1-13-8-14(2)10-17(9-13)22-7-6-20-18(21)12-15-4-3-5-16(19)11-15/h3-5,8-11H,6-7,12H2,1-2H3,(H,20,21). The Balaban J connectivity index is 1.73. The second-order valence-electron chi connectivity index (χ2n) is 5.33. The van der Waals surface area contributed by atoms with Gasteiger partial charge in [0.1, 0.15) is 12.4 Å². The molecular formula is C18H20BrNO2. The Labute approximate surface area is 139 Å². The van der Waals surface area contributed by atoms with Crippen LogP contribution in [0.15, 0.2) is 46.9 Å². The first kappa shape index (κ1) is 16.6. The number of ether oxygens (including phenoxy) is 1. The van der Waals surface area contributed by atoms with Crippen molar-refractivity contribution in [3.05, 3.63) is 63.6 Å². The van der Waals surface area contributed by atoms with E-state index in [1.807, 2.05) is 50.2 Å². The van der Waals surface area contributed by atoms with Crippen molar-refractivity contribution >= 4 is 21.8 Å². The maximum atomic E-state index is 11.9. The van der Waals surface area contributed by atoms with Crippen molar-refractivity contribution in [2.45, 2.75) is 20.3 Å². The first-order valence-electron chi connectivity index (χ1n) is 7.25. The predicted octanol–water partition coefficient (Wildman–Crippen LogP) is 3.80. The van der Waals surface area contributed by atoms with Gasteiger partial charge in [0.15, 0.2) is 0 Å². The van der Waals surface area contributed by atoms with Crippen LogP contribution >= 0.6 is 15.9 Å². The third-order valence-corrected chi connectivity index (χ3v) is 3.64. The summed E-state index contributed by atoms with van der Waals surface area (Å²) in [5.41, 5.74) is 3.34. The summed E-state index contributed by atoms with van der Waals surface area (Å²) in [4.78, 5) is 11.9. The van der Waals surface area contributed by atoms with Crippen LogP contribution in [0.25, 0.3) is 0 Å². The number of carbonyl (C=O) groups excluding carboxylic acids is 1. The molecule has 116 valence electrons. The molecule has 0 aliphatic heterocycles. The predicted molar refractivity (Wildman–Crippen MR) is 92.3 cm³/mol. The van der Waals surface area contributed by atoms with E-state index < -0.39 is 0 Å². The largest absolute Gasteiger partial charge is 0.492 e. The highest BCUT2D eigenvalue weighted by molar-refractivity contribution is 9.10. The summed E-state index contributed by atoms with van der Waals surface area (Å²) in [7, 11) is 0. The maximum absolute atomic E-state index is 11.9. The summed E-state index contributed by atoms with van der Waals surface area (Å²) in [6.45, 7) is 5.05. The van der Waals surface area contributed by atoms with Gasteiger partial charge in [-0.25, -0.2) is 0 Å². The fourth-order valence-corrected chi connectivity index (χ4v) is 2.72. The second-order valence-corrected chi connectivity index (χ2v) is 6.24. The Morgan fingerprint density at radius 3 is 2.55 bits per heavy atom. The van der Waals surface area contributed by atoms with E-state index in [1.165, 1.54) is 11.1 Å². The van der Waals surface area contributed by atoms with Crippen LogP contribution in [0.5, 0.6) is 5.75 Å². The van der Waals surface area contributed by atoms with Gasteiger partial charge in [-0.2, -0.15) is 0 Å². The Morgan fingerprint density at radius 1 is 1.14 bits per heavy atom. The van der Waals surface area contributed by atoms with Gasteiger partial charge in [0.2, 0.25) is 5.91 Å². The first-order valence-corrected chi connectivity index (χ1v) is 8.04. The molecule has 3 nitrogen and oxygen atoms in total. The van der Waals surface area contributed by atoms with Gasteiger partial charge in [-0.3, -0.25) is 4.79 Å². The third kappa shape index (κ3) is 5.53. The van der Waals surface area contributed by atoms with Gasteiger partial charge >= 0.3 is 0 Å². The number of hydrogen-bond donors (Lipinski definition) is 1. The van der Waals surface area contributed by atoms with Crippen LogP contribution in [0, 0.1) is 13.8 Å². The van der Waals surface area contributed by atoms with Gasteiger partial charge < -0.3 is 10.1 Å². The third-order valence-electron chi connectivity index (χ3n) is 3.14. The summed E-state index contributed by atoms with van der Waals surface area (Å²) in [6, 6.07) is 13.9. The molecule has 0 radical (unpaired) electrons. The van der Waals surface area contributed by atoms with Crippen molar-refractivity contribution in [2.75, 3.05) is 13.2 Å². The fraction of sp³-hybridized carbons (Fsp3) is 0.278. The monoisotopic (exact) mass is 361 g/mol. The van der Waals surface area contributed by atoms with Gasteiger partial charge in [-0.1, -0.05) is 34.1 Å². The lowest BCUT2D eigenvalue weighted by atomic mass is 10.1. The smallest absolute Gasteiger partial charge is 0.224 e. The summed E-state index contributed by atoms with van der Waals surface area (Å²) < 4.78 is 6.65. The van der Waals surface area contributed by atoms with E-state index in [2.05, 4.69) is 27.3 Å². The molecule has 0 aliphatic carbocycles. The Kier molecular flexibility index (Phi) is 6.01. The fourth-order valence-electron chi connectivity index (χ4n) is 2.27. The lowest BCUT2D eigenvalue weighted by Gasteiger charge is -2.09. The molecule has 1 amide bonds. The minimum Gasteiger partial charge on any atom is -0.492 e. The molecule has 4 heteroatoms. The minimum absolute atomic E-state index is 0.00197. The zero-order chi connectivity index (χ0) is 15.9. The molecular weight excluding hydrogens is 342 g/mol. The zero-order valence-electron chi connectivity index (χ0n) is 12.9. The number of amides is 1. The van der Waals surface area contributed by atoms with Crippen LogP contribution < -0.4 is 10.1 Å². The van der Waals surface area contributed by atoms with Crippen molar-refractivity contribution in [1.29, 1.82) is 0 Å². The highest BCUT2D eigenvalue weighted by Crippen LogP contribution is 2.16. The lowest BCUT2D eigenvalue weighted by molar-refractivity contribution is -0.120. The zero-order valence-corrected chi connectivity index (χ0v) is 14.4. The maximum Gasteiger partial charge on any atom is 0.224 e. The van der Waals surface area contributed by atoms with Gasteiger partial charge in [-0.05, 0) is 54.8 Å². The molecule has 22 heavy (non-hydrogen) atoms. The summed E-state index contributed by atoms with van der Waals surface area (Å²) in [5.74, 6) is 0.848. The van der Waals surface area contributed by atoms with Crippen molar-refractivity contribution in [2.24, 2.45) is 0 Å². The van der Waals surface area contributed by atoms with Crippen molar-refractivity contribution in [3.8, 4) is 5.75 Å². The van der Waals surface area contributed by atoms with Crippen LogP contribution in [0.4, 0.5) is 0 Å². The average Bonchev–Trinajstić information content (AvgIpc) is 2.42.